The molecule has 0 heterocycles. The van der Waals surface area contributed by atoms with Crippen LogP contribution in [0.15, 0.2) is 24.3 Å². The van der Waals surface area contributed by atoms with Gasteiger partial charge >= 0.3 is 0 Å². The number of halogens is 2. The van der Waals surface area contributed by atoms with Gasteiger partial charge in [-0.3, -0.25) is 4.79 Å². The average Bonchev–Trinajstić information content (AvgIpc) is 2.15. The van der Waals surface area contributed by atoms with Crippen molar-refractivity contribution in [3.8, 4) is 0 Å². The predicted octanol–water partition coefficient (Wildman–Crippen LogP) is 1.81. The molecule has 0 aliphatic carbocycles. The molecule has 0 bridgehead atoms. The van der Waals surface area contributed by atoms with Gasteiger partial charge in [-0.15, -0.1) is 0 Å². The van der Waals surface area contributed by atoms with Gasteiger partial charge in [0.15, 0.2) is 18.9 Å². The number of Topliss-reactive ketones (excluding diaryl/α,β-unsaturated/α-hetero) is 1. The molecule has 0 aliphatic heterocycles. The van der Waals surface area contributed by atoms with Crippen LogP contribution in [-0.2, 0) is 9.84 Å². The molecule has 0 spiro atoms. The zero-order chi connectivity index (χ0) is 11.6. The summed E-state index contributed by atoms with van der Waals surface area (Å²) in [4.78, 5) is 11.6. The lowest BCUT2D eigenvalue weighted by atomic mass is 10.1. The Bertz CT molecular complexity index is 467. The van der Waals surface area contributed by atoms with E-state index in [1.807, 2.05) is 0 Å². The van der Waals surface area contributed by atoms with Crippen LogP contribution >= 0.6 is 22.6 Å². The van der Waals surface area contributed by atoms with Crippen LogP contribution in [0.5, 0.6) is 0 Å². The second-order valence-corrected chi connectivity index (χ2v) is 7.24. The first kappa shape index (κ1) is 12.6. The van der Waals surface area contributed by atoms with Crippen LogP contribution in [0.1, 0.15) is 10.4 Å². The largest absolute Gasteiger partial charge is 0.292 e. The number of rotatable bonds is 3. The monoisotopic (exact) mass is 342 g/mol. The number of sulfone groups is 1. The Labute approximate surface area is 101 Å². The van der Waals surface area contributed by atoms with Crippen LogP contribution in [0.2, 0.25) is 0 Å². The van der Waals surface area contributed by atoms with Crippen molar-refractivity contribution < 1.29 is 17.6 Å². The van der Waals surface area contributed by atoms with Gasteiger partial charge in [-0.1, -0.05) is 22.6 Å². The molecule has 0 saturated carbocycles. The molecule has 1 aromatic carbocycles. The maximum Gasteiger partial charge on any atom is 0.190 e. The molecule has 0 radical (unpaired) electrons. The van der Waals surface area contributed by atoms with Gasteiger partial charge in [-0.2, -0.15) is 0 Å². The number of hydrogen-bond acceptors (Lipinski definition) is 3. The molecule has 82 valence electrons. The summed E-state index contributed by atoms with van der Waals surface area (Å²) < 4.78 is 33.7. The molecule has 3 nitrogen and oxygen atoms in total. The molecule has 0 amide bonds. The Kier molecular flexibility index (Phi) is 3.82. The molecule has 0 aliphatic rings. The van der Waals surface area contributed by atoms with Crippen LogP contribution < -0.4 is 0 Å². The summed E-state index contributed by atoms with van der Waals surface area (Å²) >= 11 is 1.56. The number of carbonyl (C=O) groups excluding carboxylic acids is 1. The number of carbonyl (C=O) groups is 1. The van der Waals surface area contributed by atoms with Crippen LogP contribution in [0.25, 0.3) is 0 Å². The van der Waals surface area contributed by atoms with E-state index in [2.05, 4.69) is 0 Å². The zero-order valence-corrected chi connectivity index (χ0v) is 10.7. The fourth-order valence-corrected chi connectivity index (χ4v) is 1.82. The van der Waals surface area contributed by atoms with Gasteiger partial charge in [0.25, 0.3) is 0 Å². The molecule has 1 aromatic rings. The predicted molar refractivity (Wildman–Crippen MR) is 63.4 cm³/mol. The van der Waals surface area contributed by atoms with Crippen molar-refractivity contribution in [2.75, 3.05) is 6.26 Å². The van der Waals surface area contributed by atoms with Crippen molar-refractivity contribution in [2.24, 2.45) is 0 Å². The number of ketones is 1. The van der Waals surface area contributed by atoms with Crippen LogP contribution in [0, 0.1) is 5.82 Å². The molecule has 1 atom stereocenters. The lowest BCUT2D eigenvalue weighted by Crippen LogP contribution is -2.23. The molecule has 0 N–H and O–H groups in total. The minimum Gasteiger partial charge on any atom is -0.292 e. The van der Waals surface area contributed by atoms with Crippen molar-refractivity contribution in [3.63, 3.8) is 0 Å². The molecule has 6 heteroatoms. The van der Waals surface area contributed by atoms with Crippen LogP contribution in [0.3, 0.4) is 0 Å². The first-order valence-electron chi connectivity index (χ1n) is 3.95. The van der Waals surface area contributed by atoms with Crippen LogP contribution in [0.4, 0.5) is 4.39 Å². The van der Waals surface area contributed by atoms with Crippen molar-refractivity contribution >= 4 is 38.2 Å². The highest BCUT2D eigenvalue weighted by Gasteiger charge is 2.26. The number of benzene rings is 1. The van der Waals surface area contributed by atoms with E-state index in [0.29, 0.717) is 0 Å². The molecule has 1 unspecified atom stereocenters. The highest BCUT2D eigenvalue weighted by atomic mass is 127. The van der Waals surface area contributed by atoms with Crippen molar-refractivity contribution in [1.82, 2.24) is 0 Å². The average molecular weight is 342 g/mol. The summed E-state index contributed by atoms with van der Waals surface area (Å²) in [6, 6.07) is 4.79. The Morgan fingerprint density at radius 1 is 1.33 bits per heavy atom. The second-order valence-electron chi connectivity index (χ2n) is 3.02. The Balaban J connectivity index is 3.01. The smallest absolute Gasteiger partial charge is 0.190 e. The quantitative estimate of drug-likeness (QED) is 0.478. The van der Waals surface area contributed by atoms with E-state index in [1.54, 1.807) is 22.6 Å². The fourth-order valence-electron chi connectivity index (χ4n) is 0.940. The third-order valence-electron chi connectivity index (χ3n) is 1.71. The number of alkyl halides is 1. The highest BCUT2D eigenvalue weighted by Crippen LogP contribution is 2.16. The minimum absolute atomic E-state index is 0.196. The SMILES string of the molecule is CS(=O)(=O)C(I)C(=O)c1ccc(F)cc1. The molecular formula is C9H8FIO3S. The normalized spacial score (nSPS) is 13.5. The number of hydrogen-bond donors (Lipinski definition) is 0. The van der Waals surface area contributed by atoms with Crippen molar-refractivity contribution in [2.45, 2.75) is 3.26 Å². The van der Waals surface area contributed by atoms with E-state index < -0.39 is 24.7 Å². The topological polar surface area (TPSA) is 51.2 Å². The summed E-state index contributed by atoms with van der Waals surface area (Å²) in [6.07, 6.45) is 0.992. The maximum atomic E-state index is 12.6. The summed E-state index contributed by atoms with van der Waals surface area (Å²) in [5, 5.41) is 0. The fraction of sp³-hybridized carbons (Fsp3) is 0.222. The lowest BCUT2D eigenvalue weighted by Gasteiger charge is -2.06. The summed E-state index contributed by atoms with van der Waals surface area (Å²) in [5.41, 5.74) is 0.196. The van der Waals surface area contributed by atoms with Crippen LogP contribution in [-0.4, -0.2) is 23.7 Å². The van der Waals surface area contributed by atoms with E-state index in [4.69, 9.17) is 0 Å². The van der Waals surface area contributed by atoms with E-state index >= 15 is 0 Å². The first-order valence-corrected chi connectivity index (χ1v) is 7.15. The van der Waals surface area contributed by atoms with Gasteiger partial charge in [0.1, 0.15) is 5.82 Å². The van der Waals surface area contributed by atoms with Gasteiger partial charge in [-0.05, 0) is 24.3 Å². The van der Waals surface area contributed by atoms with Gasteiger partial charge in [-0.25, -0.2) is 12.8 Å². The Morgan fingerprint density at radius 3 is 2.20 bits per heavy atom. The third-order valence-corrected chi connectivity index (χ3v) is 6.01. The molecule has 0 saturated heterocycles. The zero-order valence-electron chi connectivity index (χ0n) is 7.78. The Morgan fingerprint density at radius 2 is 1.80 bits per heavy atom. The van der Waals surface area contributed by atoms with Crippen molar-refractivity contribution in [1.29, 1.82) is 0 Å². The highest BCUT2D eigenvalue weighted by molar-refractivity contribution is 14.1. The third kappa shape index (κ3) is 3.23. The summed E-state index contributed by atoms with van der Waals surface area (Å²) in [7, 11) is -3.42. The van der Waals surface area contributed by atoms with E-state index in [9.17, 15) is 17.6 Å². The van der Waals surface area contributed by atoms with Gasteiger partial charge in [0.05, 0.1) is 0 Å². The molecule has 15 heavy (non-hydrogen) atoms. The van der Waals surface area contributed by atoms with Gasteiger partial charge in [0, 0.05) is 11.8 Å². The first-order chi connectivity index (χ1) is 6.82. The molecule has 1 rings (SSSR count). The standard InChI is InChI=1S/C9H8FIO3S/c1-15(13,14)9(11)8(12)6-2-4-7(10)5-3-6/h2-5,9H,1H3. The van der Waals surface area contributed by atoms with Gasteiger partial charge in [0.2, 0.25) is 0 Å². The summed E-state index contributed by atoms with van der Waals surface area (Å²) in [5.74, 6) is -0.992. The van der Waals surface area contributed by atoms with E-state index in [-0.39, 0.29) is 5.56 Å². The molecule has 0 aromatic heterocycles. The maximum absolute atomic E-state index is 12.6. The van der Waals surface area contributed by atoms with E-state index in [0.717, 1.165) is 18.4 Å². The Hall–Kier alpha value is -0.500. The molecule has 0 fully saturated rings. The minimum atomic E-state index is -3.42. The second kappa shape index (κ2) is 4.56. The lowest BCUT2D eigenvalue weighted by molar-refractivity contribution is 0.101. The van der Waals surface area contributed by atoms with E-state index in [1.165, 1.54) is 12.1 Å². The summed E-state index contributed by atoms with van der Waals surface area (Å²) in [6.45, 7) is 0. The van der Waals surface area contributed by atoms with Gasteiger partial charge < -0.3 is 0 Å². The van der Waals surface area contributed by atoms with Crippen molar-refractivity contribution in [3.05, 3.63) is 35.6 Å². The molecular weight excluding hydrogens is 334 g/mol.